The monoisotopic (exact) mass is 379 g/mol. The zero-order chi connectivity index (χ0) is 20.4. The summed E-state index contributed by atoms with van der Waals surface area (Å²) in [6.07, 6.45) is 2.77. The summed E-state index contributed by atoms with van der Waals surface area (Å²) in [5, 5.41) is 5.37. The van der Waals surface area contributed by atoms with Gasteiger partial charge in [-0.05, 0) is 47.7 Å². The fourth-order valence-corrected chi connectivity index (χ4v) is 3.75. The predicted octanol–water partition coefficient (Wildman–Crippen LogP) is 4.53. The van der Waals surface area contributed by atoms with Crippen LogP contribution in [0.25, 0.3) is 10.9 Å². The molecule has 3 rings (SSSR count). The molecule has 5 nitrogen and oxygen atoms in total. The summed E-state index contributed by atoms with van der Waals surface area (Å²) in [6, 6.07) is 10.5. The van der Waals surface area contributed by atoms with Crippen LogP contribution >= 0.6 is 0 Å². The number of aryl methyl sites for hydroxylation is 2. The van der Waals surface area contributed by atoms with Gasteiger partial charge >= 0.3 is 0 Å². The van der Waals surface area contributed by atoms with E-state index in [2.05, 4.69) is 67.9 Å². The second-order valence-corrected chi connectivity index (χ2v) is 7.48. The first-order chi connectivity index (χ1) is 13.4. The van der Waals surface area contributed by atoms with Crippen molar-refractivity contribution in [3.63, 3.8) is 0 Å². The minimum atomic E-state index is 0.307. The van der Waals surface area contributed by atoms with E-state index >= 15 is 0 Å². The third-order valence-corrected chi connectivity index (χ3v) is 5.27. The number of fused-ring (bicyclic) bond motifs is 1. The number of nitrogens with two attached hydrogens (primary N) is 1. The number of rotatable bonds is 6. The summed E-state index contributed by atoms with van der Waals surface area (Å²) in [7, 11) is 5.40. The lowest BCUT2D eigenvalue weighted by atomic mass is 9.94. The van der Waals surface area contributed by atoms with Gasteiger partial charge in [0.25, 0.3) is 0 Å². The second-order valence-electron chi connectivity index (χ2n) is 7.48. The topological polar surface area (TPSA) is 61.8 Å². The highest BCUT2D eigenvalue weighted by Gasteiger charge is 2.18. The van der Waals surface area contributed by atoms with Gasteiger partial charge in [0.2, 0.25) is 0 Å². The largest absolute Gasteiger partial charge is 0.496 e. The van der Waals surface area contributed by atoms with Crippen LogP contribution in [0, 0.1) is 6.92 Å². The average Bonchev–Trinajstić information content (AvgIpc) is 2.98. The average molecular weight is 380 g/mol. The van der Waals surface area contributed by atoms with Crippen LogP contribution in [0.4, 0.5) is 0 Å². The molecule has 0 spiro atoms. The lowest BCUT2D eigenvalue weighted by molar-refractivity contribution is 0.389. The number of nitrogens with zero attached hydrogens (tertiary/aromatic N) is 2. The zero-order valence-corrected chi connectivity index (χ0v) is 17.5. The molecule has 0 bridgehead atoms. The van der Waals surface area contributed by atoms with Crippen LogP contribution < -0.4 is 15.3 Å². The lowest BCUT2D eigenvalue weighted by Crippen LogP contribution is -2.11. The molecule has 2 N–H and O–H groups in total. The normalized spacial score (nSPS) is 12.0. The van der Waals surface area contributed by atoms with Crippen molar-refractivity contribution >= 4 is 16.6 Å². The van der Waals surface area contributed by atoms with Gasteiger partial charge in [-0.2, -0.15) is 5.10 Å². The molecule has 1 aromatic heterocycles. The van der Waals surface area contributed by atoms with E-state index < -0.39 is 0 Å². The lowest BCUT2D eigenvalue weighted by Gasteiger charge is -2.18. The zero-order valence-electron chi connectivity index (χ0n) is 17.5. The highest BCUT2D eigenvalue weighted by Crippen LogP contribution is 2.34. The molecule has 2 aromatic carbocycles. The van der Waals surface area contributed by atoms with Crippen molar-refractivity contribution in [2.75, 3.05) is 14.2 Å². The van der Waals surface area contributed by atoms with Gasteiger partial charge in [0, 0.05) is 42.2 Å². The minimum Gasteiger partial charge on any atom is -0.496 e. The maximum absolute atomic E-state index is 5.82. The summed E-state index contributed by atoms with van der Waals surface area (Å²) in [5.74, 6) is 7.65. The summed E-state index contributed by atoms with van der Waals surface area (Å²) >= 11 is 0. The van der Waals surface area contributed by atoms with Crippen LogP contribution in [-0.2, 0) is 13.5 Å². The Morgan fingerprint density at radius 3 is 2.43 bits per heavy atom. The quantitative estimate of drug-likeness (QED) is 0.389. The van der Waals surface area contributed by atoms with E-state index in [9.17, 15) is 0 Å². The van der Waals surface area contributed by atoms with Crippen molar-refractivity contribution < 1.29 is 9.47 Å². The first kappa shape index (κ1) is 19.8. The fraction of sp³-hybridized carbons (Fsp3) is 0.348. The minimum absolute atomic E-state index is 0.307. The van der Waals surface area contributed by atoms with Gasteiger partial charge in [-0.3, -0.25) is 0 Å². The Bertz CT molecular complexity index is 1030. The molecular weight excluding hydrogens is 350 g/mol. The maximum Gasteiger partial charge on any atom is 0.131 e. The molecule has 0 atom stereocenters. The van der Waals surface area contributed by atoms with Gasteiger partial charge in [-0.25, -0.2) is 0 Å². The van der Waals surface area contributed by atoms with Crippen LogP contribution in [-0.4, -0.2) is 24.5 Å². The SMILES string of the molecule is COc1cc(OC)c(C(C)C)cc1/C(Cc1ccc2c(c1)c(C)cn2C)=N/N. The summed E-state index contributed by atoms with van der Waals surface area (Å²) in [4.78, 5) is 0. The highest BCUT2D eigenvalue weighted by molar-refractivity contribution is 6.04. The third kappa shape index (κ3) is 3.57. The Morgan fingerprint density at radius 2 is 1.82 bits per heavy atom. The Balaban J connectivity index is 2.04. The first-order valence-electron chi connectivity index (χ1n) is 9.47. The van der Waals surface area contributed by atoms with Crippen molar-refractivity contribution in [1.82, 2.24) is 4.57 Å². The number of benzene rings is 2. The standard InChI is InChI=1S/C23H29N3O2/c1-14(2)17-11-19(23(28-6)12-22(17)27-5)20(25-24)10-16-7-8-21-18(9-16)15(3)13-26(21)4/h7-9,11-14H,10,24H2,1-6H3/b25-20+. The van der Waals surface area contributed by atoms with E-state index in [1.165, 1.54) is 16.5 Å². The molecule has 0 unspecified atom stereocenters. The number of methoxy groups -OCH3 is 2. The van der Waals surface area contributed by atoms with Gasteiger partial charge < -0.3 is 19.9 Å². The van der Waals surface area contributed by atoms with E-state index in [1.54, 1.807) is 14.2 Å². The second kappa shape index (κ2) is 7.97. The Hall–Kier alpha value is -2.95. The van der Waals surface area contributed by atoms with E-state index in [0.717, 1.165) is 28.2 Å². The molecule has 1 heterocycles. The van der Waals surface area contributed by atoms with E-state index in [4.69, 9.17) is 15.3 Å². The molecule has 0 aliphatic heterocycles. The van der Waals surface area contributed by atoms with Gasteiger partial charge in [-0.15, -0.1) is 0 Å². The molecular formula is C23H29N3O2. The number of hydrogen-bond donors (Lipinski definition) is 1. The summed E-state index contributed by atoms with van der Waals surface area (Å²) in [5.41, 5.74) is 6.43. The van der Waals surface area contributed by atoms with Gasteiger partial charge in [0.1, 0.15) is 11.5 Å². The summed E-state index contributed by atoms with van der Waals surface area (Å²) < 4.78 is 13.3. The molecule has 28 heavy (non-hydrogen) atoms. The molecule has 0 aliphatic carbocycles. The maximum atomic E-state index is 5.82. The highest BCUT2D eigenvalue weighted by atomic mass is 16.5. The van der Waals surface area contributed by atoms with E-state index in [1.807, 2.05) is 6.07 Å². The summed E-state index contributed by atoms with van der Waals surface area (Å²) in [6.45, 7) is 6.41. The molecule has 0 amide bonds. The van der Waals surface area contributed by atoms with E-state index in [-0.39, 0.29) is 0 Å². The first-order valence-corrected chi connectivity index (χ1v) is 9.47. The van der Waals surface area contributed by atoms with Crippen LogP contribution in [0.2, 0.25) is 0 Å². The van der Waals surface area contributed by atoms with Gasteiger partial charge in [-0.1, -0.05) is 19.9 Å². The number of ether oxygens (including phenoxy) is 2. The van der Waals surface area contributed by atoms with Crippen LogP contribution in [0.15, 0.2) is 41.6 Å². The molecule has 0 saturated carbocycles. The Labute approximate surface area is 166 Å². The molecule has 0 saturated heterocycles. The van der Waals surface area contributed by atoms with E-state index in [0.29, 0.717) is 18.1 Å². The van der Waals surface area contributed by atoms with Crippen molar-refractivity contribution in [2.45, 2.75) is 33.1 Å². The Kier molecular flexibility index (Phi) is 5.63. The van der Waals surface area contributed by atoms with Crippen molar-refractivity contribution in [2.24, 2.45) is 18.0 Å². The van der Waals surface area contributed by atoms with Crippen molar-refractivity contribution in [3.8, 4) is 11.5 Å². The number of hydrazone groups is 1. The molecule has 0 radical (unpaired) electrons. The smallest absolute Gasteiger partial charge is 0.131 e. The van der Waals surface area contributed by atoms with Crippen molar-refractivity contribution in [3.05, 3.63) is 58.8 Å². The fourth-order valence-electron chi connectivity index (χ4n) is 3.75. The third-order valence-electron chi connectivity index (χ3n) is 5.27. The Morgan fingerprint density at radius 1 is 1.11 bits per heavy atom. The molecule has 0 fully saturated rings. The molecule has 0 aliphatic rings. The number of hydrogen-bond acceptors (Lipinski definition) is 4. The van der Waals surface area contributed by atoms with Crippen LogP contribution in [0.5, 0.6) is 11.5 Å². The van der Waals surface area contributed by atoms with Gasteiger partial charge in [0.05, 0.1) is 19.9 Å². The molecule has 3 aromatic rings. The van der Waals surface area contributed by atoms with Gasteiger partial charge in [0.15, 0.2) is 0 Å². The number of aromatic nitrogens is 1. The predicted molar refractivity (Wildman–Crippen MR) is 116 cm³/mol. The molecule has 5 heteroatoms. The van der Waals surface area contributed by atoms with Crippen molar-refractivity contribution in [1.29, 1.82) is 0 Å². The van der Waals surface area contributed by atoms with Crippen LogP contribution in [0.3, 0.4) is 0 Å². The van der Waals surface area contributed by atoms with Crippen LogP contribution in [0.1, 0.15) is 42.0 Å². The molecule has 148 valence electrons.